The molecule has 1 saturated heterocycles. The zero-order chi connectivity index (χ0) is 31.0. The van der Waals surface area contributed by atoms with Crippen molar-refractivity contribution in [1.29, 1.82) is 0 Å². The number of hydrogen-bond donors (Lipinski definition) is 0. The molecule has 4 aliphatic rings. The molecule has 2 aliphatic heterocycles. The zero-order valence-electron chi connectivity index (χ0n) is 24.3. The van der Waals surface area contributed by atoms with Crippen molar-refractivity contribution in [3.63, 3.8) is 0 Å². The molecule has 1 amide bonds. The van der Waals surface area contributed by atoms with Gasteiger partial charge in [-0.05, 0) is 62.0 Å². The van der Waals surface area contributed by atoms with Crippen molar-refractivity contribution in [3.05, 3.63) is 58.6 Å². The summed E-state index contributed by atoms with van der Waals surface area (Å²) in [5, 5.41) is 7.53. The summed E-state index contributed by atoms with van der Waals surface area (Å²) in [4.78, 5) is 25.4. The number of benzene rings is 1. The highest BCUT2D eigenvalue weighted by Gasteiger charge is 2.80. The molecule has 7 rings (SSSR count). The molecule has 44 heavy (non-hydrogen) atoms. The number of carbonyl (C=O) groups is 1. The molecule has 2 aromatic heterocycles. The number of nitrogens with zero attached hydrogens (tertiary/aromatic N) is 7. The van der Waals surface area contributed by atoms with Crippen LogP contribution in [0.5, 0.6) is 5.75 Å². The highest BCUT2D eigenvalue weighted by atomic mass is 35.5. The third kappa shape index (κ3) is 5.06. The molecule has 3 aromatic rings. The van der Waals surface area contributed by atoms with Gasteiger partial charge in [0, 0.05) is 31.6 Å². The lowest BCUT2D eigenvalue weighted by atomic mass is 9.84. The molecule has 3 atom stereocenters. The van der Waals surface area contributed by atoms with Gasteiger partial charge in [-0.25, -0.2) is 14.4 Å². The van der Waals surface area contributed by atoms with Gasteiger partial charge in [0.15, 0.2) is 5.82 Å². The van der Waals surface area contributed by atoms with Crippen LogP contribution in [0.25, 0.3) is 0 Å². The van der Waals surface area contributed by atoms with Gasteiger partial charge in [0.2, 0.25) is 17.7 Å². The summed E-state index contributed by atoms with van der Waals surface area (Å²) in [6.07, 6.45) is 1.73. The van der Waals surface area contributed by atoms with Crippen molar-refractivity contribution < 1.29 is 27.1 Å². The Bertz CT molecular complexity index is 1590. The maximum Gasteiger partial charge on any atom is 0.451 e. The van der Waals surface area contributed by atoms with E-state index in [4.69, 9.17) is 16.3 Å². The van der Waals surface area contributed by atoms with Crippen LogP contribution >= 0.6 is 11.6 Å². The normalized spacial score (nSPS) is 25.8. The summed E-state index contributed by atoms with van der Waals surface area (Å²) < 4.78 is 62.4. The average Bonchev–Trinajstić information content (AvgIpc) is 3.79. The van der Waals surface area contributed by atoms with Gasteiger partial charge in [-0.1, -0.05) is 17.7 Å². The van der Waals surface area contributed by atoms with Crippen molar-refractivity contribution in [1.82, 2.24) is 29.6 Å². The van der Waals surface area contributed by atoms with Crippen LogP contribution in [0.4, 0.5) is 23.5 Å². The van der Waals surface area contributed by atoms with Crippen LogP contribution < -0.4 is 9.64 Å². The lowest BCUT2D eigenvalue weighted by Gasteiger charge is -2.40. The summed E-state index contributed by atoms with van der Waals surface area (Å²) in [5.74, 6) is 0.897. The predicted molar refractivity (Wildman–Crippen MR) is 151 cm³/mol. The smallest absolute Gasteiger partial charge is 0.451 e. The molecule has 0 bridgehead atoms. The Morgan fingerprint density at radius 3 is 2.52 bits per heavy atom. The average molecular weight is 634 g/mol. The number of aromatic nitrogens is 5. The first kappa shape index (κ1) is 29.2. The largest absolute Gasteiger partial charge is 0.493 e. The standard InChI is InChI=1S/C30H32ClF4N7O2/c1-28(2)16-41(14-24-38-39-26(42(24)28)30(33,34)35)25(43)9-17-3-4-20(10-23(17)32)44-15-22-21-11-29(21,22)18-5-7-40(8-6-18)27-36-12-19(31)13-37-27/h3-4,10,12-13,18,21-22H,5-9,11,14-16H2,1-2H3/t21-,22?,29?/m0/s1. The number of rotatable bonds is 7. The van der Waals surface area contributed by atoms with Crippen LogP contribution in [0.3, 0.4) is 0 Å². The van der Waals surface area contributed by atoms with E-state index >= 15 is 4.39 Å². The van der Waals surface area contributed by atoms with Crippen molar-refractivity contribution in [2.24, 2.45) is 23.2 Å². The Labute approximate surface area is 256 Å². The van der Waals surface area contributed by atoms with Crippen LogP contribution in [-0.4, -0.2) is 61.8 Å². The fourth-order valence-corrected chi connectivity index (χ4v) is 7.71. The summed E-state index contributed by atoms with van der Waals surface area (Å²) in [6.45, 7) is 5.41. The number of ether oxygens (including phenoxy) is 1. The van der Waals surface area contributed by atoms with Gasteiger partial charge in [0.05, 0.1) is 42.5 Å². The quantitative estimate of drug-likeness (QED) is 0.333. The molecule has 234 valence electrons. The fourth-order valence-electron chi connectivity index (χ4n) is 7.61. The van der Waals surface area contributed by atoms with Crippen molar-refractivity contribution in [2.75, 3.05) is 31.1 Å². The Kier molecular flexibility index (Phi) is 6.83. The maximum atomic E-state index is 15.1. The van der Waals surface area contributed by atoms with Gasteiger partial charge < -0.3 is 14.5 Å². The first-order valence-electron chi connectivity index (χ1n) is 14.8. The molecule has 1 aromatic carbocycles. The van der Waals surface area contributed by atoms with Crippen LogP contribution in [0.15, 0.2) is 30.6 Å². The van der Waals surface area contributed by atoms with Gasteiger partial charge in [-0.2, -0.15) is 13.2 Å². The van der Waals surface area contributed by atoms with Crippen LogP contribution in [0.2, 0.25) is 5.02 Å². The van der Waals surface area contributed by atoms with Crippen molar-refractivity contribution in [3.8, 4) is 5.75 Å². The summed E-state index contributed by atoms with van der Waals surface area (Å²) in [6, 6.07) is 4.52. The van der Waals surface area contributed by atoms with Crippen LogP contribution in [0, 0.1) is 29.0 Å². The fraction of sp³-hybridized carbons (Fsp3) is 0.567. The van der Waals surface area contributed by atoms with E-state index in [1.165, 1.54) is 17.4 Å². The number of carbonyl (C=O) groups excluding carboxylic acids is 1. The lowest BCUT2D eigenvalue weighted by molar-refractivity contribution is -0.151. The topological polar surface area (TPSA) is 89.3 Å². The highest BCUT2D eigenvalue weighted by molar-refractivity contribution is 6.30. The zero-order valence-corrected chi connectivity index (χ0v) is 25.1. The molecule has 0 spiro atoms. The number of anilines is 1. The molecular formula is C30H32ClF4N7O2. The number of amides is 1. The van der Waals surface area contributed by atoms with Crippen molar-refractivity contribution in [2.45, 2.75) is 57.8 Å². The first-order chi connectivity index (χ1) is 20.9. The van der Waals surface area contributed by atoms with Gasteiger partial charge in [-0.15, -0.1) is 10.2 Å². The van der Waals surface area contributed by atoms with Gasteiger partial charge in [0.25, 0.3) is 0 Å². The van der Waals surface area contributed by atoms with E-state index in [1.807, 2.05) is 0 Å². The molecular weight excluding hydrogens is 602 g/mol. The third-order valence-corrected chi connectivity index (χ3v) is 10.2. The van der Waals surface area contributed by atoms with E-state index in [1.54, 1.807) is 38.4 Å². The molecule has 4 heterocycles. The Balaban J connectivity index is 0.919. The first-order valence-corrected chi connectivity index (χ1v) is 15.2. The maximum absolute atomic E-state index is 15.1. The molecule has 2 unspecified atom stereocenters. The SMILES string of the molecule is CC1(C)CN(C(=O)Cc2ccc(OCC3[C@@H]4CC34C3CCN(c4ncc(Cl)cn4)CC3)cc2F)Cc2nnc(C(F)(F)F)n21. The number of hydrogen-bond acceptors (Lipinski definition) is 7. The Morgan fingerprint density at radius 1 is 1.14 bits per heavy atom. The molecule has 0 N–H and O–H groups in total. The van der Waals surface area contributed by atoms with E-state index in [0.717, 1.165) is 30.5 Å². The minimum Gasteiger partial charge on any atom is -0.493 e. The number of fused-ring (bicyclic) bond motifs is 2. The summed E-state index contributed by atoms with van der Waals surface area (Å²) in [5.41, 5.74) is -0.549. The minimum atomic E-state index is -4.66. The lowest BCUT2D eigenvalue weighted by Crippen LogP contribution is -2.50. The number of piperidine rings is 1. The second kappa shape index (κ2) is 10.3. The second-order valence-electron chi connectivity index (χ2n) is 13.1. The molecule has 2 aliphatic carbocycles. The minimum absolute atomic E-state index is 0.0149. The van der Waals surface area contributed by atoms with Gasteiger partial charge in [0.1, 0.15) is 11.6 Å². The van der Waals surface area contributed by atoms with E-state index in [2.05, 4.69) is 25.1 Å². The van der Waals surface area contributed by atoms with E-state index < -0.39 is 29.3 Å². The highest BCUT2D eigenvalue weighted by Crippen LogP contribution is 2.84. The predicted octanol–water partition coefficient (Wildman–Crippen LogP) is 5.13. The summed E-state index contributed by atoms with van der Waals surface area (Å²) in [7, 11) is 0. The number of alkyl halides is 3. The van der Waals surface area contributed by atoms with Crippen LogP contribution in [0.1, 0.15) is 50.3 Å². The Morgan fingerprint density at radius 2 is 1.86 bits per heavy atom. The molecule has 3 fully saturated rings. The summed E-state index contributed by atoms with van der Waals surface area (Å²) >= 11 is 5.91. The third-order valence-electron chi connectivity index (χ3n) is 9.96. The Hall–Kier alpha value is -3.48. The molecule has 0 radical (unpaired) electrons. The van der Waals surface area contributed by atoms with E-state index in [0.29, 0.717) is 46.5 Å². The monoisotopic (exact) mass is 633 g/mol. The number of halogens is 5. The molecule has 2 saturated carbocycles. The van der Waals surface area contributed by atoms with Gasteiger partial charge in [-0.3, -0.25) is 9.36 Å². The molecule has 14 heteroatoms. The van der Waals surface area contributed by atoms with Crippen molar-refractivity contribution >= 4 is 23.5 Å². The second-order valence-corrected chi connectivity index (χ2v) is 13.5. The molecule has 9 nitrogen and oxygen atoms in total. The van der Waals surface area contributed by atoms with E-state index in [9.17, 15) is 18.0 Å². The van der Waals surface area contributed by atoms with Gasteiger partial charge >= 0.3 is 6.18 Å². The van der Waals surface area contributed by atoms with Crippen LogP contribution in [-0.2, 0) is 29.5 Å². The van der Waals surface area contributed by atoms with E-state index in [-0.39, 0.29) is 30.9 Å².